The third kappa shape index (κ3) is 2.99. The Morgan fingerprint density at radius 1 is 1.40 bits per heavy atom. The van der Waals surface area contributed by atoms with Crippen molar-refractivity contribution in [3.05, 3.63) is 28.8 Å². The van der Waals surface area contributed by atoms with Crippen molar-refractivity contribution in [2.75, 3.05) is 13.2 Å². The van der Waals surface area contributed by atoms with Gasteiger partial charge in [0.05, 0.1) is 11.6 Å². The van der Waals surface area contributed by atoms with E-state index in [4.69, 9.17) is 22.4 Å². The van der Waals surface area contributed by atoms with E-state index in [-0.39, 0.29) is 29.1 Å². The molecule has 1 aliphatic rings. The molecule has 20 heavy (non-hydrogen) atoms. The van der Waals surface area contributed by atoms with Crippen LogP contribution in [0.1, 0.15) is 24.8 Å². The second kappa shape index (κ2) is 6.41. The Hall–Kier alpha value is -0.660. The normalized spacial score (nSPS) is 16.4. The predicted octanol–water partition coefficient (Wildman–Crippen LogP) is 1.33. The maximum atomic E-state index is 12.7. The highest BCUT2D eigenvalue weighted by Gasteiger charge is 2.35. The van der Waals surface area contributed by atoms with Gasteiger partial charge < -0.3 is 10.8 Å². The molecule has 0 aliphatic heterocycles. The van der Waals surface area contributed by atoms with Gasteiger partial charge in [-0.15, -0.1) is 0 Å². The van der Waals surface area contributed by atoms with Crippen molar-refractivity contribution in [2.24, 2.45) is 5.73 Å². The lowest BCUT2D eigenvalue weighted by Gasteiger charge is -2.36. The number of rotatable bonds is 6. The van der Waals surface area contributed by atoms with Crippen molar-refractivity contribution in [3.8, 4) is 0 Å². The van der Waals surface area contributed by atoms with Gasteiger partial charge in [-0.25, -0.2) is 8.42 Å². The summed E-state index contributed by atoms with van der Waals surface area (Å²) in [5.74, 6) is 0. The Morgan fingerprint density at radius 2 is 2.10 bits per heavy atom. The second-order valence-corrected chi connectivity index (χ2v) is 7.16. The Kier molecular flexibility index (Phi) is 5.04. The van der Waals surface area contributed by atoms with Gasteiger partial charge >= 0.3 is 0 Å². The molecule has 0 bridgehead atoms. The fourth-order valence-corrected chi connectivity index (χ4v) is 4.50. The van der Waals surface area contributed by atoms with Gasteiger partial charge in [0.2, 0.25) is 10.0 Å². The lowest BCUT2D eigenvalue weighted by Crippen LogP contribution is -2.45. The number of aliphatic hydroxyl groups is 1. The fourth-order valence-electron chi connectivity index (χ4n) is 2.28. The lowest BCUT2D eigenvalue weighted by atomic mass is 9.93. The van der Waals surface area contributed by atoms with Gasteiger partial charge in [-0.2, -0.15) is 4.31 Å². The molecule has 3 N–H and O–H groups in total. The monoisotopic (exact) mass is 318 g/mol. The Morgan fingerprint density at radius 3 is 2.55 bits per heavy atom. The first kappa shape index (κ1) is 15.7. The summed E-state index contributed by atoms with van der Waals surface area (Å²) in [5.41, 5.74) is 6.30. The molecule has 0 saturated heterocycles. The van der Waals surface area contributed by atoms with Gasteiger partial charge in [-0.3, -0.25) is 0 Å². The SMILES string of the molecule is NCc1ccc(S(=O)(=O)N(CCO)C2CCC2)c(Cl)c1. The van der Waals surface area contributed by atoms with E-state index in [0.29, 0.717) is 6.54 Å². The van der Waals surface area contributed by atoms with E-state index in [9.17, 15) is 8.42 Å². The molecule has 0 radical (unpaired) electrons. The Bertz CT molecular complexity index is 573. The summed E-state index contributed by atoms with van der Waals surface area (Å²) in [6, 6.07) is 4.70. The number of aliphatic hydroxyl groups excluding tert-OH is 1. The average molecular weight is 319 g/mol. The zero-order valence-corrected chi connectivity index (χ0v) is 12.7. The van der Waals surface area contributed by atoms with E-state index in [2.05, 4.69) is 0 Å². The summed E-state index contributed by atoms with van der Waals surface area (Å²) in [5, 5.41) is 9.29. The van der Waals surface area contributed by atoms with E-state index in [1.54, 1.807) is 12.1 Å². The number of hydrogen-bond donors (Lipinski definition) is 2. The summed E-state index contributed by atoms with van der Waals surface area (Å²) < 4.78 is 26.7. The number of benzene rings is 1. The molecule has 1 fully saturated rings. The second-order valence-electron chi connectivity index (χ2n) is 4.89. The summed E-state index contributed by atoms with van der Waals surface area (Å²) in [6.45, 7) is 0.208. The maximum absolute atomic E-state index is 12.7. The van der Waals surface area contributed by atoms with Crippen LogP contribution in [0.4, 0.5) is 0 Å². The minimum atomic E-state index is -3.68. The van der Waals surface area contributed by atoms with Crippen LogP contribution in [0, 0.1) is 0 Å². The molecule has 1 aromatic rings. The highest BCUT2D eigenvalue weighted by atomic mass is 35.5. The third-order valence-electron chi connectivity index (χ3n) is 3.62. The first-order chi connectivity index (χ1) is 9.50. The van der Waals surface area contributed by atoms with Crippen molar-refractivity contribution < 1.29 is 13.5 Å². The van der Waals surface area contributed by atoms with Crippen molar-refractivity contribution in [1.29, 1.82) is 0 Å². The van der Waals surface area contributed by atoms with Gasteiger partial charge in [0, 0.05) is 19.1 Å². The summed E-state index contributed by atoms with van der Waals surface area (Å²) in [4.78, 5) is 0.0803. The highest BCUT2D eigenvalue weighted by Crippen LogP contribution is 2.32. The van der Waals surface area contributed by atoms with Crippen molar-refractivity contribution in [3.63, 3.8) is 0 Å². The fraction of sp³-hybridized carbons (Fsp3) is 0.538. The van der Waals surface area contributed by atoms with Crippen LogP contribution in [0.2, 0.25) is 5.02 Å². The molecule has 0 atom stereocenters. The quantitative estimate of drug-likeness (QED) is 0.829. The molecular weight excluding hydrogens is 300 g/mol. The van der Waals surface area contributed by atoms with Crippen LogP contribution in [0.3, 0.4) is 0 Å². The van der Waals surface area contributed by atoms with Crippen LogP contribution in [0.5, 0.6) is 0 Å². The van der Waals surface area contributed by atoms with E-state index < -0.39 is 10.0 Å². The summed E-state index contributed by atoms with van der Waals surface area (Å²) >= 11 is 6.08. The molecule has 0 amide bonds. The van der Waals surface area contributed by atoms with E-state index >= 15 is 0 Å². The first-order valence-corrected chi connectivity index (χ1v) is 8.43. The van der Waals surface area contributed by atoms with Crippen molar-refractivity contribution >= 4 is 21.6 Å². The van der Waals surface area contributed by atoms with Crippen LogP contribution in [0.15, 0.2) is 23.1 Å². The highest BCUT2D eigenvalue weighted by molar-refractivity contribution is 7.89. The number of hydrogen-bond acceptors (Lipinski definition) is 4. The molecule has 7 heteroatoms. The molecule has 0 unspecified atom stereocenters. The van der Waals surface area contributed by atoms with Gasteiger partial charge in [-0.05, 0) is 30.5 Å². The maximum Gasteiger partial charge on any atom is 0.244 e. The molecule has 1 aromatic carbocycles. The Balaban J connectivity index is 2.36. The van der Waals surface area contributed by atoms with Gasteiger partial charge in [-0.1, -0.05) is 24.1 Å². The number of nitrogens with zero attached hydrogens (tertiary/aromatic N) is 1. The van der Waals surface area contributed by atoms with Crippen molar-refractivity contribution in [1.82, 2.24) is 4.31 Å². The van der Waals surface area contributed by atoms with E-state index in [0.717, 1.165) is 24.8 Å². The molecule has 5 nitrogen and oxygen atoms in total. The lowest BCUT2D eigenvalue weighted by molar-refractivity contribution is 0.178. The van der Waals surface area contributed by atoms with Crippen molar-refractivity contribution in [2.45, 2.75) is 36.7 Å². The Labute approximate surface area is 124 Å². The minimum absolute atomic E-state index is 0.0302. The molecule has 0 aromatic heterocycles. The molecule has 2 rings (SSSR count). The molecular formula is C13H19ClN2O3S. The number of nitrogens with two attached hydrogens (primary N) is 1. The van der Waals surface area contributed by atoms with Crippen LogP contribution < -0.4 is 5.73 Å². The van der Waals surface area contributed by atoms with E-state index in [1.165, 1.54) is 10.4 Å². The zero-order valence-electron chi connectivity index (χ0n) is 11.1. The molecule has 0 heterocycles. The molecule has 112 valence electrons. The average Bonchev–Trinajstić information content (AvgIpc) is 2.35. The number of halogens is 1. The molecule has 1 saturated carbocycles. The smallest absolute Gasteiger partial charge is 0.244 e. The predicted molar refractivity (Wildman–Crippen MR) is 78.0 cm³/mol. The molecule has 0 spiro atoms. The largest absolute Gasteiger partial charge is 0.395 e. The van der Waals surface area contributed by atoms with E-state index in [1.807, 2.05) is 0 Å². The summed E-state index contributed by atoms with van der Waals surface area (Å²) in [6.07, 6.45) is 2.68. The van der Waals surface area contributed by atoms with Gasteiger partial charge in [0.1, 0.15) is 4.90 Å². The minimum Gasteiger partial charge on any atom is -0.395 e. The summed E-state index contributed by atoms with van der Waals surface area (Å²) in [7, 11) is -3.68. The first-order valence-electron chi connectivity index (χ1n) is 6.62. The number of sulfonamides is 1. The zero-order chi connectivity index (χ0) is 14.8. The van der Waals surface area contributed by atoms with Crippen LogP contribution in [-0.2, 0) is 16.6 Å². The van der Waals surface area contributed by atoms with Gasteiger partial charge in [0.25, 0.3) is 0 Å². The topological polar surface area (TPSA) is 83.6 Å². The van der Waals surface area contributed by atoms with Crippen LogP contribution in [-0.4, -0.2) is 37.0 Å². The van der Waals surface area contributed by atoms with Crippen LogP contribution in [0.25, 0.3) is 0 Å². The third-order valence-corrected chi connectivity index (χ3v) is 6.06. The molecule has 1 aliphatic carbocycles. The standard InChI is InChI=1S/C13H19ClN2O3S/c14-12-8-10(9-15)4-5-13(12)20(18,19)16(6-7-17)11-2-1-3-11/h4-5,8,11,17H,1-3,6-7,9,15H2. The van der Waals surface area contributed by atoms with Crippen LogP contribution >= 0.6 is 11.6 Å². The van der Waals surface area contributed by atoms with Gasteiger partial charge in [0.15, 0.2) is 0 Å².